The Kier molecular flexibility index (Phi) is 4.68. The highest BCUT2D eigenvalue weighted by Crippen LogP contribution is 2.27. The van der Waals surface area contributed by atoms with Crippen LogP contribution >= 0.6 is 50.7 Å². The summed E-state index contributed by atoms with van der Waals surface area (Å²) in [4.78, 5) is 15.9. The van der Waals surface area contributed by atoms with E-state index in [1.807, 2.05) is 0 Å². The summed E-state index contributed by atoms with van der Waals surface area (Å²) >= 11 is 20.9. The van der Waals surface area contributed by atoms with Crippen molar-refractivity contribution in [1.82, 2.24) is 4.98 Å². The Morgan fingerprint density at radius 3 is 2.53 bits per heavy atom. The Balaban J connectivity index is 2.30. The Morgan fingerprint density at radius 2 is 1.79 bits per heavy atom. The number of hydrogen-bond donors (Lipinski definition) is 1. The third kappa shape index (κ3) is 3.60. The lowest BCUT2D eigenvalue weighted by Gasteiger charge is -2.08. The maximum atomic E-state index is 12.1. The number of carbonyl (C=O) groups is 1. The number of nitrogens with one attached hydrogen (secondary N) is 1. The molecule has 0 saturated carbocycles. The fourth-order valence-corrected chi connectivity index (χ4v) is 2.22. The lowest BCUT2D eigenvalue weighted by atomic mass is 10.3. The smallest absolute Gasteiger partial charge is 0.275 e. The number of carbonyl (C=O) groups excluding carboxylic acids is 1. The molecule has 0 bridgehead atoms. The van der Waals surface area contributed by atoms with Crippen molar-refractivity contribution in [3.63, 3.8) is 0 Å². The van der Waals surface area contributed by atoms with E-state index in [1.54, 1.807) is 18.2 Å². The van der Waals surface area contributed by atoms with E-state index in [0.29, 0.717) is 10.7 Å². The fraction of sp³-hybridized carbons (Fsp3) is 0. The molecule has 0 saturated heterocycles. The molecule has 0 unspecified atom stereocenters. The van der Waals surface area contributed by atoms with Gasteiger partial charge in [-0.25, -0.2) is 4.98 Å². The lowest BCUT2D eigenvalue weighted by molar-refractivity contribution is 0.102. The van der Waals surface area contributed by atoms with E-state index in [0.717, 1.165) is 4.47 Å². The standard InChI is InChI=1S/C12H6BrCl3N2O/c13-6-1-2-7(14)9(5-6)17-12(19)11-8(15)3-4-10(16)18-11/h1-5H,(H,17,19). The summed E-state index contributed by atoms with van der Waals surface area (Å²) in [5.74, 6) is -0.479. The van der Waals surface area contributed by atoms with Gasteiger partial charge in [0.05, 0.1) is 15.7 Å². The second-order valence-electron chi connectivity index (χ2n) is 3.54. The molecule has 19 heavy (non-hydrogen) atoms. The molecule has 1 N–H and O–H groups in total. The maximum absolute atomic E-state index is 12.1. The molecule has 2 rings (SSSR count). The van der Waals surface area contributed by atoms with Crippen LogP contribution < -0.4 is 5.32 Å². The molecule has 0 atom stereocenters. The molecule has 0 aliphatic rings. The molecular formula is C12H6BrCl3N2O. The minimum absolute atomic E-state index is 0.0465. The molecule has 0 aliphatic heterocycles. The van der Waals surface area contributed by atoms with E-state index < -0.39 is 5.91 Å². The van der Waals surface area contributed by atoms with Crippen molar-refractivity contribution in [2.75, 3.05) is 5.32 Å². The second kappa shape index (κ2) is 6.09. The zero-order valence-corrected chi connectivity index (χ0v) is 13.1. The predicted molar refractivity (Wildman–Crippen MR) is 81.4 cm³/mol. The second-order valence-corrected chi connectivity index (χ2v) is 5.66. The van der Waals surface area contributed by atoms with E-state index in [-0.39, 0.29) is 15.9 Å². The van der Waals surface area contributed by atoms with Gasteiger partial charge in [0.1, 0.15) is 10.8 Å². The first-order valence-electron chi connectivity index (χ1n) is 5.06. The highest BCUT2D eigenvalue weighted by molar-refractivity contribution is 9.10. The van der Waals surface area contributed by atoms with Crippen LogP contribution in [0.4, 0.5) is 5.69 Å². The van der Waals surface area contributed by atoms with E-state index in [1.165, 1.54) is 12.1 Å². The molecule has 98 valence electrons. The first-order chi connectivity index (χ1) is 8.97. The largest absolute Gasteiger partial charge is 0.319 e. The molecule has 1 heterocycles. The number of pyridine rings is 1. The minimum atomic E-state index is -0.479. The number of aromatic nitrogens is 1. The number of halogens is 4. The normalized spacial score (nSPS) is 10.3. The molecule has 1 aromatic carbocycles. The monoisotopic (exact) mass is 378 g/mol. The first kappa shape index (κ1) is 14.6. The average Bonchev–Trinajstić information content (AvgIpc) is 2.36. The quantitative estimate of drug-likeness (QED) is 0.740. The minimum Gasteiger partial charge on any atom is -0.319 e. The topological polar surface area (TPSA) is 42.0 Å². The van der Waals surface area contributed by atoms with Crippen LogP contribution in [0.15, 0.2) is 34.8 Å². The Bertz CT molecular complexity index is 649. The maximum Gasteiger partial charge on any atom is 0.275 e. The number of amides is 1. The van der Waals surface area contributed by atoms with Crippen molar-refractivity contribution in [3.8, 4) is 0 Å². The van der Waals surface area contributed by atoms with Gasteiger partial charge in [0, 0.05) is 4.47 Å². The molecule has 1 amide bonds. The number of nitrogens with zero attached hydrogens (tertiary/aromatic N) is 1. The first-order valence-corrected chi connectivity index (χ1v) is 6.98. The van der Waals surface area contributed by atoms with Gasteiger partial charge in [-0.05, 0) is 30.3 Å². The lowest BCUT2D eigenvalue weighted by Crippen LogP contribution is -2.14. The van der Waals surface area contributed by atoms with Gasteiger partial charge in [-0.15, -0.1) is 0 Å². The molecule has 0 aliphatic carbocycles. The van der Waals surface area contributed by atoms with Gasteiger partial charge in [-0.2, -0.15) is 0 Å². The zero-order valence-electron chi connectivity index (χ0n) is 9.25. The Hall–Kier alpha value is -0.810. The summed E-state index contributed by atoms with van der Waals surface area (Å²) in [7, 11) is 0. The van der Waals surface area contributed by atoms with Gasteiger partial charge in [0.25, 0.3) is 5.91 Å². The van der Waals surface area contributed by atoms with Crippen molar-refractivity contribution >= 4 is 62.3 Å². The summed E-state index contributed by atoms with van der Waals surface area (Å²) in [5.41, 5.74) is 0.504. The molecule has 3 nitrogen and oxygen atoms in total. The third-order valence-corrected chi connectivity index (χ3v) is 3.54. The summed E-state index contributed by atoms with van der Waals surface area (Å²) in [6, 6.07) is 8.12. The van der Waals surface area contributed by atoms with Crippen molar-refractivity contribution in [3.05, 3.63) is 55.7 Å². The number of hydrogen-bond acceptors (Lipinski definition) is 2. The highest BCUT2D eigenvalue weighted by atomic mass is 79.9. The van der Waals surface area contributed by atoms with Crippen molar-refractivity contribution in [2.24, 2.45) is 0 Å². The van der Waals surface area contributed by atoms with Crippen LogP contribution in [0.2, 0.25) is 15.2 Å². The van der Waals surface area contributed by atoms with Crippen LogP contribution in [0.5, 0.6) is 0 Å². The summed E-state index contributed by atoms with van der Waals surface area (Å²) in [6.45, 7) is 0. The predicted octanol–water partition coefficient (Wildman–Crippen LogP) is 5.06. The Morgan fingerprint density at radius 1 is 1.11 bits per heavy atom. The van der Waals surface area contributed by atoms with E-state index in [9.17, 15) is 4.79 Å². The molecule has 1 aromatic heterocycles. The third-order valence-electron chi connectivity index (χ3n) is 2.20. The van der Waals surface area contributed by atoms with Crippen LogP contribution in [0.25, 0.3) is 0 Å². The van der Waals surface area contributed by atoms with E-state index in [4.69, 9.17) is 34.8 Å². The zero-order chi connectivity index (χ0) is 14.0. The summed E-state index contributed by atoms with van der Waals surface area (Å²) < 4.78 is 0.789. The fourth-order valence-electron chi connectivity index (χ4n) is 1.35. The van der Waals surface area contributed by atoms with Gasteiger partial charge in [0.2, 0.25) is 0 Å². The van der Waals surface area contributed by atoms with Crippen molar-refractivity contribution in [1.29, 1.82) is 0 Å². The number of anilines is 1. The molecule has 0 spiro atoms. The van der Waals surface area contributed by atoms with E-state index >= 15 is 0 Å². The van der Waals surface area contributed by atoms with Gasteiger partial charge < -0.3 is 5.32 Å². The van der Waals surface area contributed by atoms with Gasteiger partial charge in [0.15, 0.2) is 0 Å². The molecule has 0 radical (unpaired) electrons. The van der Waals surface area contributed by atoms with Crippen LogP contribution in [-0.4, -0.2) is 10.9 Å². The van der Waals surface area contributed by atoms with Gasteiger partial charge >= 0.3 is 0 Å². The van der Waals surface area contributed by atoms with Gasteiger partial charge in [-0.1, -0.05) is 50.7 Å². The number of benzene rings is 1. The molecular weight excluding hydrogens is 374 g/mol. The van der Waals surface area contributed by atoms with Crippen LogP contribution in [0.1, 0.15) is 10.5 Å². The number of rotatable bonds is 2. The van der Waals surface area contributed by atoms with Crippen LogP contribution in [0.3, 0.4) is 0 Å². The summed E-state index contributed by atoms with van der Waals surface area (Å²) in [5, 5.41) is 3.45. The SMILES string of the molecule is O=C(Nc1cc(Br)ccc1Cl)c1nc(Cl)ccc1Cl. The van der Waals surface area contributed by atoms with Crippen LogP contribution in [0, 0.1) is 0 Å². The Labute approximate surface area is 133 Å². The summed E-state index contributed by atoms with van der Waals surface area (Å²) in [6.07, 6.45) is 0. The molecule has 2 aromatic rings. The molecule has 7 heteroatoms. The van der Waals surface area contributed by atoms with Crippen molar-refractivity contribution < 1.29 is 4.79 Å². The van der Waals surface area contributed by atoms with Crippen molar-refractivity contribution in [2.45, 2.75) is 0 Å². The van der Waals surface area contributed by atoms with Crippen LogP contribution in [-0.2, 0) is 0 Å². The highest BCUT2D eigenvalue weighted by Gasteiger charge is 2.14. The van der Waals surface area contributed by atoms with E-state index in [2.05, 4.69) is 26.2 Å². The van der Waals surface area contributed by atoms with Gasteiger partial charge in [-0.3, -0.25) is 4.79 Å². The average molecular weight is 380 g/mol. The molecule has 0 fully saturated rings.